The molecule has 2 saturated heterocycles. The van der Waals surface area contributed by atoms with Gasteiger partial charge in [-0.3, -0.25) is 4.79 Å². The fourth-order valence-corrected chi connectivity index (χ4v) is 4.52. The zero-order valence-corrected chi connectivity index (χ0v) is 18.9. The van der Waals surface area contributed by atoms with Gasteiger partial charge in [0.05, 0.1) is 29.7 Å². The summed E-state index contributed by atoms with van der Waals surface area (Å²) in [5, 5.41) is 8.08. The van der Waals surface area contributed by atoms with Gasteiger partial charge in [0, 0.05) is 45.7 Å². The number of likely N-dealkylation sites (tertiary alicyclic amines) is 1. The Morgan fingerprint density at radius 1 is 1.09 bits per heavy atom. The van der Waals surface area contributed by atoms with Crippen molar-refractivity contribution >= 4 is 17.7 Å². The molecule has 0 bridgehead atoms. The lowest BCUT2D eigenvalue weighted by atomic mass is 9.82. The quantitative estimate of drug-likeness (QED) is 0.520. The predicted octanol–water partition coefficient (Wildman–Crippen LogP) is 2.63. The molecule has 2 aliphatic heterocycles. The average molecular weight is 490 g/mol. The van der Waals surface area contributed by atoms with E-state index in [9.17, 15) is 22.4 Å². The van der Waals surface area contributed by atoms with E-state index < -0.39 is 23.6 Å². The van der Waals surface area contributed by atoms with Gasteiger partial charge in [-0.15, -0.1) is 0 Å². The molecule has 35 heavy (non-hydrogen) atoms. The molecule has 0 N–H and O–H groups in total. The number of fused-ring (bicyclic) bond motifs is 1. The molecule has 5 rings (SSSR count). The molecule has 0 spiro atoms. The van der Waals surface area contributed by atoms with Crippen LogP contribution in [0.1, 0.15) is 22.5 Å². The number of hydrogen-bond acceptors (Lipinski definition) is 7. The number of aromatic nitrogens is 5. The van der Waals surface area contributed by atoms with Gasteiger partial charge in [-0.25, -0.2) is 9.37 Å². The lowest BCUT2D eigenvalue weighted by Crippen LogP contribution is -2.65. The van der Waals surface area contributed by atoms with Crippen molar-refractivity contribution in [3.05, 3.63) is 53.7 Å². The number of piperidine rings is 1. The molecule has 184 valence electrons. The Balaban J connectivity index is 1.41. The molecule has 0 saturated carbocycles. The van der Waals surface area contributed by atoms with Crippen LogP contribution in [0.3, 0.4) is 0 Å². The molecule has 0 radical (unpaired) electrons. The lowest BCUT2D eigenvalue weighted by molar-refractivity contribution is -0.141. The Morgan fingerprint density at radius 3 is 2.51 bits per heavy atom. The van der Waals surface area contributed by atoms with Crippen molar-refractivity contribution in [3.8, 4) is 5.69 Å². The summed E-state index contributed by atoms with van der Waals surface area (Å²) in [6.45, 7) is 1.27. The van der Waals surface area contributed by atoms with Crippen LogP contribution < -0.4 is 9.80 Å². The number of carbonyl (C=O) groups excluding carboxylic acids is 1. The van der Waals surface area contributed by atoms with Gasteiger partial charge in [0.1, 0.15) is 11.6 Å². The standard InChI is InChI=1S/C22H22F4N8O/c1-31(2)21-29-18(22(24,25)26)10-19(30-21)33-11-13-5-8-32(12-17(13)33)20(35)15-9-14(23)3-4-16(15)34-27-6-7-28-34/h3-4,6-7,9-10,13,17H,5,8,11-12H2,1-2H3/t13-,17-/m0/s1. The third-order valence-corrected chi connectivity index (χ3v) is 6.35. The SMILES string of the molecule is CN(C)c1nc(N2C[C@@H]3CCN(C(=O)c4cc(F)ccc4-n4nccn4)C[C@@H]32)cc(C(F)(F)F)n1. The van der Waals surface area contributed by atoms with Gasteiger partial charge in [-0.05, 0) is 24.6 Å². The Hall–Kier alpha value is -3.77. The van der Waals surface area contributed by atoms with Crippen molar-refractivity contribution in [2.75, 3.05) is 43.5 Å². The largest absolute Gasteiger partial charge is 0.433 e. The molecule has 0 unspecified atom stereocenters. The number of rotatable bonds is 4. The minimum Gasteiger partial charge on any atom is -0.351 e. The summed E-state index contributed by atoms with van der Waals surface area (Å²) in [6, 6.07) is 4.55. The topological polar surface area (TPSA) is 83.3 Å². The van der Waals surface area contributed by atoms with Gasteiger partial charge in [0.15, 0.2) is 5.69 Å². The minimum absolute atomic E-state index is 0.0434. The number of carbonyl (C=O) groups is 1. The van der Waals surface area contributed by atoms with Crippen molar-refractivity contribution in [2.24, 2.45) is 5.92 Å². The van der Waals surface area contributed by atoms with E-state index in [0.717, 1.165) is 12.1 Å². The smallest absolute Gasteiger partial charge is 0.351 e. The Morgan fingerprint density at radius 2 is 1.83 bits per heavy atom. The second kappa shape index (κ2) is 8.47. The highest BCUT2D eigenvalue weighted by molar-refractivity contribution is 5.98. The van der Waals surface area contributed by atoms with E-state index in [0.29, 0.717) is 25.2 Å². The molecule has 2 aromatic heterocycles. The number of benzene rings is 1. The molecule has 4 heterocycles. The number of hydrogen-bond donors (Lipinski definition) is 0. The van der Waals surface area contributed by atoms with Crippen LogP contribution >= 0.6 is 0 Å². The number of anilines is 2. The molecule has 13 heteroatoms. The molecule has 2 atom stereocenters. The zero-order chi connectivity index (χ0) is 24.9. The summed E-state index contributed by atoms with van der Waals surface area (Å²) in [4.78, 5) is 27.4. The van der Waals surface area contributed by atoms with Crippen LogP contribution in [-0.4, -0.2) is 75.5 Å². The molecule has 9 nitrogen and oxygen atoms in total. The van der Waals surface area contributed by atoms with E-state index >= 15 is 0 Å². The van der Waals surface area contributed by atoms with E-state index in [2.05, 4.69) is 20.2 Å². The third kappa shape index (κ3) is 4.26. The molecule has 3 aromatic rings. The molecule has 0 aliphatic carbocycles. The highest BCUT2D eigenvalue weighted by Crippen LogP contribution is 2.39. The van der Waals surface area contributed by atoms with Gasteiger partial charge >= 0.3 is 6.18 Å². The Kier molecular flexibility index (Phi) is 5.56. The maximum atomic E-state index is 14.0. The monoisotopic (exact) mass is 490 g/mol. The van der Waals surface area contributed by atoms with Crippen molar-refractivity contribution < 1.29 is 22.4 Å². The fourth-order valence-electron chi connectivity index (χ4n) is 4.52. The first-order chi connectivity index (χ1) is 16.6. The summed E-state index contributed by atoms with van der Waals surface area (Å²) in [5.41, 5.74) is -0.563. The van der Waals surface area contributed by atoms with Crippen LogP contribution in [0, 0.1) is 11.7 Å². The molecular formula is C22H22F4N8O. The molecular weight excluding hydrogens is 468 g/mol. The van der Waals surface area contributed by atoms with Gasteiger partial charge in [0.2, 0.25) is 5.95 Å². The summed E-state index contributed by atoms with van der Waals surface area (Å²) in [6.07, 6.45) is -1.03. The van der Waals surface area contributed by atoms with E-state index in [1.54, 1.807) is 23.9 Å². The number of amides is 1. The van der Waals surface area contributed by atoms with Crippen LogP contribution in [0.5, 0.6) is 0 Å². The normalized spacial score (nSPS) is 19.8. The fraction of sp³-hybridized carbons (Fsp3) is 0.409. The molecule has 2 aliphatic rings. The first-order valence-corrected chi connectivity index (χ1v) is 11.0. The lowest BCUT2D eigenvalue weighted by Gasteiger charge is -2.54. The van der Waals surface area contributed by atoms with E-state index in [1.807, 2.05) is 0 Å². The van der Waals surface area contributed by atoms with Crippen molar-refractivity contribution in [2.45, 2.75) is 18.6 Å². The first-order valence-electron chi connectivity index (χ1n) is 11.0. The highest BCUT2D eigenvalue weighted by atomic mass is 19.4. The van der Waals surface area contributed by atoms with Crippen LogP contribution in [0.2, 0.25) is 0 Å². The average Bonchev–Trinajstić information content (AvgIpc) is 3.33. The first kappa shape index (κ1) is 23.0. The van der Waals surface area contributed by atoms with Gasteiger partial charge in [-0.2, -0.15) is 33.1 Å². The number of halogens is 4. The Bertz CT molecular complexity index is 1250. The Labute approximate surface area is 198 Å². The van der Waals surface area contributed by atoms with Gasteiger partial charge in [0.25, 0.3) is 5.91 Å². The maximum Gasteiger partial charge on any atom is 0.433 e. The molecule has 2 fully saturated rings. The minimum atomic E-state index is -4.62. The van der Waals surface area contributed by atoms with Crippen LogP contribution in [-0.2, 0) is 6.18 Å². The van der Waals surface area contributed by atoms with Gasteiger partial charge < -0.3 is 14.7 Å². The zero-order valence-electron chi connectivity index (χ0n) is 18.9. The van der Waals surface area contributed by atoms with E-state index in [-0.39, 0.29) is 35.8 Å². The second-order valence-corrected chi connectivity index (χ2v) is 8.80. The summed E-state index contributed by atoms with van der Waals surface area (Å²) in [5.74, 6) is -0.626. The third-order valence-electron chi connectivity index (χ3n) is 6.35. The van der Waals surface area contributed by atoms with Crippen LogP contribution in [0.15, 0.2) is 36.7 Å². The molecule has 1 aromatic carbocycles. The number of alkyl halides is 3. The van der Waals surface area contributed by atoms with Crippen molar-refractivity contribution in [1.82, 2.24) is 29.9 Å². The van der Waals surface area contributed by atoms with Crippen LogP contribution in [0.4, 0.5) is 29.3 Å². The number of nitrogens with zero attached hydrogens (tertiary/aromatic N) is 8. The predicted molar refractivity (Wildman–Crippen MR) is 118 cm³/mol. The van der Waals surface area contributed by atoms with E-state index in [1.165, 1.54) is 34.2 Å². The van der Waals surface area contributed by atoms with E-state index in [4.69, 9.17) is 0 Å². The van der Waals surface area contributed by atoms with Crippen molar-refractivity contribution in [1.29, 1.82) is 0 Å². The van der Waals surface area contributed by atoms with Crippen LogP contribution in [0.25, 0.3) is 5.69 Å². The van der Waals surface area contributed by atoms with Crippen molar-refractivity contribution in [3.63, 3.8) is 0 Å². The van der Waals surface area contributed by atoms with Gasteiger partial charge in [-0.1, -0.05) is 0 Å². The highest BCUT2D eigenvalue weighted by Gasteiger charge is 2.45. The summed E-state index contributed by atoms with van der Waals surface area (Å²) >= 11 is 0. The summed E-state index contributed by atoms with van der Waals surface area (Å²) < 4.78 is 54.4. The summed E-state index contributed by atoms with van der Waals surface area (Å²) in [7, 11) is 3.15. The maximum absolute atomic E-state index is 14.0. The second-order valence-electron chi connectivity index (χ2n) is 8.80. The molecule has 1 amide bonds.